The average molecular weight is 364 g/mol. The molecule has 24 heavy (non-hydrogen) atoms. The molecule has 3 rings (SSSR count). The first-order valence-corrected chi connectivity index (χ1v) is 9.10. The van der Waals surface area contributed by atoms with Crippen LogP contribution in [0.4, 0.5) is 4.79 Å². The summed E-state index contributed by atoms with van der Waals surface area (Å²) in [6, 6.07) is -2.24. The zero-order chi connectivity index (χ0) is 17.5. The highest BCUT2D eigenvalue weighted by molar-refractivity contribution is 7.80. The van der Waals surface area contributed by atoms with E-state index in [9.17, 15) is 18.0 Å². The number of nitrogens with two attached hydrogens (primary N) is 1. The van der Waals surface area contributed by atoms with E-state index in [0.29, 0.717) is 17.9 Å². The molecule has 1 saturated carbocycles. The highest BCUT2D eigenvalue weighted by Crippen LogP contribution is 2.30. The summed E-state index contributed by atoms with van der Waals surface area (Å²) in [5, 5.41) is 0.594. The van der Waals surface area contributed by atoms with Crippen LogP contribution in [0.15, 0.2) is 0 Å². The topological polar surface area (TPSA) is 151 Å². The summed E-state index contributed by atoms with van der Waals surface area (Å²) in [7, 11) is -4.81. The third-order valence-electron chi connectivity index (χ3n) is 4.61. The minimum Gasteiger partial charge on any atom is -0.325 e. The molecule has 3 unspecified atom stereocenters. The lowest BCUT2D eigenvalue weighted by molar-refractivity contribution is -0.144. The van der Waals surface area contributed by atoms with Gasteiger partial charge in [0, 0.05) is 12.6 Å². The highest BCUT2D eigenvalue weighted by Gasteiger charge is 2.49. The Morgan fingerprint density at radius 3 is 2.67 bits per heavy atom. The van der Waals surface area contributed by atoms with E-state index >= 15 is 0 Å². The summed E-state index contributed by atoms with van der Waals surface area (Å²) in [5.41, 5.74) is 8.21. The first-order chi connectivity index (χ1) is 11.3. The second-order valence-electron chi connectivity index (χ2n) is 6.23. The maximum atomic E-state index is 12.3. The summed E-state index contributed by atoms with van der Waals surface area (Å²) < 4.78 is 34.7. The standard InChI is InChI=1S/C12H20N4O7S/c13-8-2-1-3-10(8)22-14-11(17)9-5-4-7-6-15(9)12(18)16(7)23-24(19,20)21/h7-10H,1-6,13H2,(H,14,17)(H,19,20,21)/t7?,8?,9-,10?/m0/s1. The molecular weight excluding hydrogens is 344 g/mol. The minimum atomic E-state index is -4.81. The number of carbonyl (C=O) groups is 2. The molecule has 3 aliphatic rings. The normalized spacial score (nSPS) is 33.2. The van der Waals surface area contributed by atoms with Crippen molar-refractivity contribution in [3.8, 4) is 0 Å². The van der Waals surface area contributed by atoms with E-state index in [2.05, 4.69) is 9.76 Å². The maximum Gasteiger partial charge on any atom is 0.418 e. The highest BCUT2D eigenvalue weighted by atomic mass is 32.3. The SMILES string of the molecule is NC1CCCC1ONC(=O)[C@@H]1CCC2CN1C(=O)N2OS(=O)(=O)O. The number of nitrogens with zero attached hydrogens (tertiary/aromatic N) is 2. The average Bonchev–Trinajstić information content (AvgIpc) is 3.01. The molecule has 2 heterocycles. The van der Waals surface area contributed by atoms with Crippen LogP contribution in [0.25, 0.3) is 0 Å². The smallest absolute Gasteiger partial charge is 0.325 e. The monoisotopic (exact) mass is 364 g/mol. The summed E-state index contributed by atoms with van der Waals surface area (Å²) in [6.07, 6.45) is 2.95. The van der Waals surface area contributed by atoms with E-state index in [-0.39, 0.29) is 18.7 Å². The van der Waals surface area contributed by atoms with Gasteiger partial charge in [-0.3, -0.25) is 14.2 Å². The molecule has 2 aliphatic heterocycles. The number of nitrogens with one attached hydrogen (secondary N) is 1. The van der Waals surface area contributed by atoms with Crippen molar-refractivity contribution in [3.05, 3.63) is 0 Å². The van der Waals surface area contributed by atoms with Crippen LogP contribution >= 0.6 is 0 Å². The van der Waals surface area contributed by atoms with Gasteiger partial charge in [-0.25, -0.2) is 10.3 Å². The molecule has 4 atom stereocenters. The van der Waals surface area contributed by atoms with Crippen LogP contribution in [-0.4, -0.2) is 65.6 Å². The first kappa shape index (κ1) is 17.4. The summed E-state index contributed by atoms with van der Waals surface area (Å²) in [4.78, 5) is 31.0. The largest absolute Gasteiger partial charge is 0.418 e. The number of urea groups is 1. The molecular formula is C12H20N4O7S. The number of carbonyl (C=O) groups excluding carboxylic acids is 2. The number of rotatable bonds is 5. The molecule has 3 amide bonds. The molecule has 136 valence electrons. The molecule has 1 aliphatic carbocycles. The third kappa shape index (κ3) is 3.47. The van der Waals surface area contributed by atoms with Gasteiger partial charge in [-0.15, -0.1) is 4.28 Å². The van der Waals surface area contributed by atoms with Gasteiger partial charge in [0.05, 0.1) is 6.04 Å². The Morgan fingerprint density at radius 2 is 2.04 bits per heavy atom. The Labute approximate surface area is 138 Å². The lowest BCUT2D eigenvalue weighted by atomic mass is 10.0. The molecule has 0 radical (unpaired) electrons. The molecule has 0 aromatic carbocycles. The Morgan fingerprint density at radius 1 is 1.29 bits per heavy atom. The Balaban J connectivity index is 1.60. The van der Waals surface area contributed by atoms with E-state index in [1.165, 1.54) is 4.90 Å². The van der Waals surface area contributed by atoms with Crippen LogP contribution in [0.5, 0.6) is 0 Å². The van der Waals surface area contributed by atoms with E-state index < -0.39 is 34.4 Å². The van der Waals surface area contributed by atoms with Gasteiger partial charge in [-0.1, -0.05) is 0 Å². The number of fused-ring (bicyclic) bond motifs is 2. The fourth-order valence-corrected chi connectivity index (χ4v) is 3.80. The zero-order valence-electron chi connectivity index (χ0n) is 12.8. The molecule has 2 bridgehead atoms. The lowest BCUT2D eigenvalue weighted by Gasteiger charge is -2.29. The number of hydroxylamine groups is 3. The number of hydrogen-bond acceptors (Lipinski definition) is 7. The molecule has 0 spiro atoms. The van der Waals surface area contributed by atoms with Crippen LogP contribution in [0.3, 0.4) is 0 Å². The molecule has 0 aromatic rings. The van der Waals surface area contributed by atoms with Gasteiger partial charge in [-0.05, 0) is 32.1 Å². The fourth-order valence-electron chi connectivity index (χ4n) is 3.41. The number of hydrogen-bond donors (Lipinski definition) is 3. The number of amides is 3. The Bertz CT molecular complexity index is 627. The second kappa shape index (κ2) is 6.44. The van der Waals surface area contributed by atoms with Crippen molar-refractivity contribution in [3.63, 3.8) is 0 Å². The minimum absolute atomic E-state index is 0.131. The van der Waals surface area contributed by atoms with Crippen molar-refractivity contribution in [1.82, 2.24) is 15.4 Å². The molecule has 11 nitrogen and oxygen atoms in total. The van der Waals surface area contributed by atoms with E-state index in [0.717, 1.165) is 19.3 Å². The maximum absolute atomic E-state index is 12.3. The van der Waals surface area contributed by atoms with E-state index in [4.69, 9.17) is 15.1 Å². The molecule has 4 N–H and O–H groups in total. The van der Waals surface area contributed by atoms with Crippen LogP contribution < -0.4 is 11.2 Å². The lowest BCUT2D eigenvalue weighted by Crippen LogP contribution is -2.51. The molecule has 0 aromatic heterocycles. The van der Waals surface area contributed by atoms with Gasteiger partial charge >= 0.3 is 16.4 Å². The molecule has 2 saturated heterocycles. The molecule has 12 heteroatoms. The van der Waals surface area contributed by atoms with Crippen LogP contribution in [0.2, 0.25) is 0 Å². The second-order valence-corrected chi connectivity index (χ2v) is 7.23. The molecule has 3 fully saturated rings. The van der Waals surface area contributed by atoms with Crippen LogP contribution in [0.1, 0.15) is 32.1 Å². The van der Waals surface area contributed by atoms with Gasteiger partial charge in [0.25, 0.3) is 5.91 Å². The van der Waals surface area contributed by atoms with Gasteiger partial charge < -0.3 is 10.6 Å². The van der Waals surface area contributed by atoms with Crippen LogP contribution in [-0.2, 0) is 24.3 Å². The predicted molar refractivity (Wildman–Crippen MR) is 78.2 cm³/mol. The predicted octanol–water partition coefficient (Wildman–Crippen LogP) is -1.08. The summed E-state index contributed by atoms with van der Waals surface area (Å²) in [6.45, 7) is 0.134. The zero-order valence-corrected chi connectivity index (χ0v) is 13.6. The summed E-state index contributed by atoms with van der Waals surface area (Å²) in [5.74, 6) is -0.491. The first-order valence-electron chi connectivity index (χ1n) is 7.74. The van der Waals surface area contributed by atoms with Gasteiger partial charge in [0.2, 0.25) is 0 Å². The van der Waals surface area contributed by atoms with Gasteiger partial charge in [-0.2, -0.15) is 13.5 Å². The fraction of sp³-hybridized carbons (Fsp3) is 0.833. The van der Waals surface area contributed by atoms with Crippen molar-refractivity contribution < 1.29 is 31.7 Å². The van der Waals surface area contributed by atoms with Crippen molar-refractivity contribution in [2.75, 3.05) is 6.54 Å². The Kier molecular flexibility index (Phi) is 4.66. The van der Waals surface area contributed by atoms with Crippen molar-refractivity contribution >= 4 is 22.3 Å². The quantitative estimate of drug-likeness (QED) is 0.411. The Hall–Kier alpha value is -1.47. The van der Waals surface area contributed by atoms with Crippen molar-refractivity contribution in [2.45, 2.75) is 56.3 Å². The summed E-state index contributed by atoms with van der Waals surface area (Å²) >= 11 is 0. The van der Waals surface area contributed by atoms with Crippen LogP contribution in [0, 0.1) is 0 Å². The third-order valence-corrected chi connectivity index (χ3v) is 4.96. The number of piperidine rings is 1. The van der Waals surface area contributed by atoms with E-state index in [1.54, 1.807) is 0 Å². The van der Waals surface area contributed by atoms with Crippen molar-refractivity contribution in [1.29, 1.82) is 0 Å². The van der Waals surface area contributed by atoms with Gasteiger partial charge in [0.1, 0.15) is 12.1 Å². The van der Waals surface area contributed by atoms with Crippen molar-refractivity contribution in [2.24, 2.45) is 5.73 Å². The van der Waals surface area contributed by atoms with E-state index in [1.807, 2.05) is 0 Å². The van der Waals surface area contributed by atoms with Gasteiger partial charge in [0.15, 0.2) is 0 Å².